The first kappa shape index (κ1) is 19.6. The molecular weight excluding hydrogens is 372 g/mol. The Bertz CT molecular complexity index is 1290. The maximum atomic E-state index is 13.5. The topological polar surface area (TPSA) is 53.2 Å². The van der Waals surface area contributed by atoms with Crippen molar-refractivity contribution in [3.05, 3.63) is 111 Å². The molecule has 0 atom stereocenters. The van der Waals surface area contributed by atoms with Gasteiger partial charge in [-0.2, -0.15) is 0 Å². The van der Waals surface area contributed by atoms with Crippen LogP contribution in [0.1, 0.15) is 32.6 Å². The Balaban J connectivity index is 1.82. The normalized spacial score (nSPS) is 10.9. The highest BCUT2D eigenvalue weighted by Crippen LogP contribution is 2.25. The number of anilines is 1. The molecule has 30 heavy (non-hydrogen) atoms. The van der Waals surface area contributed by atoms with Gasteiger partial charge in [-0.15, -0.1) is 0 Å². The zero-order chi connectivity index (χ0) is 21.3. The second-order valence-corrected chi connectivity index (χ2v) is 7.76. The summed E-state index contributed by atoms with van der Waals surface area (Å²) in [4.78, 5) is 30.9. The summed E-state index contributed by atoms with van der Waals surface area (Å²) < 4.78 is 0. The lowest BCUT2D eigenvalue weighted by molar-refractivity contribution is 0.0985. The molecule has 4 rings (SSSR count). The number of carbonyl (C=O) groups is 1. The number of H-pyrrole nitrogens is 1. The van der Waals surface area contributed by atoms with Gasteiger partial charge >= 0.3 is 0 Å². The predicted octanol–water partition coefficient (Wildman–Crippen LogP) is 5.30. The van der Waals surface area contributed by atoms with Crippen LogP contribution in [-0.2, 0) is 6.54 Å². The van der Waals surface area contributed by atoms with Gasteiger partial charge in [0.2, 0.25) is 0 Å². The van der Waals surface area contributed by atoms with E-state index in [4.69, 9.17) is 0 Å². The summed E-state index contributed by atoms with van der Waals surface area (Å²) in [7, 11) is 0. The molecule has 3 aromatic carbocycles. The van der Waals surface area contributed by atoms with E-state index in [2.05, 4.69) is 4.98 Å². The molecule has 0 bridgehead atoms. The molecular formula is C26H24N2O2. The van der Waals surface area contributed by atoms with Crippen LogP contribution >= 0.6 is 0 Å². The number of hydrogen-bond donors (Lipinski definition) is 1. The number of aromatic nitrogens is 1. The smallest absolute Gasteiger partial charge is 0.258 e. The van der Waals surface area contributed by atoms with Crippen molar-refractivity contribution >= 4 is 22.5 Å². The van der Waals surface area contributed by atoms with Gasteiger partial charge in [0, 0.05) is 22.3 Å². The van der Waals surface area contributed by atoms with E-state index in [0.29, 0.717) is 11.1 Å². The number of amides is 1. The fraction of sp³-hybridized carbons (Fsp3) is 0.154. The molecule has 0 aliphatic carbocycles. The van der Waals surface area contributed by atoms with Gasteiger partial charge in [-0.1, -0.05) is 48.0 Å². The van der Waals surface area contributed by atoms with Crippen LogP contribution in [0.25, 0.3) is 10.9 Å². The Morgan fingerprint density at radius 2 is 1.57 bits per heavy atom. The largest absolute Gasteiger partial charge is 0.322 e. The van der Waals surface area contributed by atoms with E-state index >= 15 is 0 Å². The van der Waals surface area contributed by atoms with E-state index in [0.717, 1.165) is 33.3 Å². The number of hydrogen-bond acceptors (Lipinski definition) is 2. The lowest BCUT2D eigenvalue weighted by Gasteiger charge is -2.25. The molecule has 0 radical (unpaired) electrons. The molecule has 0 unspecified atom stereocenters. The summed E-state index contributed by atoms with van der Waals surface area (Å²) in [5.41, 5.74) is 5.70. The molecule has 4 heteroatoms. The Morgan fingerprint density at radius 3 is 2.33 bits per heavy atom. The van der Waals surface area contributed by atoms with E-state index in [1.54, 1.807) is 4.90 Å². The third-order valence-electron chi connectivity index (χ3n) is 5.36. The molecule has 1 amide bonds. The van der Waals surface area contributed by atoms with Gasteiger partial charge in [-0.25, -0.2) is 0 Å². The highest BCUT2D eigenvalue weighted by Gasteiger charge is 2.21. The molecule has 0 aliphatic rings. The number of nitrogens with zero attached hydrogens (tertiary/aromatic N) is 1. The summed E-state index contributed by atoms with van der Waals surface area (Å²) in [6.07, 6.45) is 0. The second kappa shape index (κ2) is 7.99. The number of rotatable bonds is 4. The molecule has 4 nitrogen and oxygen atoms in total. The minimum Gasteiger partial charge on any atom is -0.322 e. The van der Waals surface area contributed by atoms with Crippen molar-refractivity contribution in [2.75, 3.05) is 4.90 Å². The number of fused-ring (bicyclic) bond motifs is 1. The quantitative estimate of drug-likeness (QED) is 0.509. The molecule has 0 fully saturated rings. The molecule has 150 valence electrons. The van der Waals surface area contributed by atoms with Crippen LogP contribution in [-0.4, -0.2) is 10.9 Å². The van der Waals surface area contributed by atoms with Crippen molar-refractivity contribution in [1.82, 2.24) is 4.98 Å². The van der Waals surface area contributed by atoms with E-state index < -0.39 is 0 Å². The van der Waals surface area contributed by atoms with E-state index in [9.17, 15) is 9.59 Å². The average Bonchev–Trinajstić information content (AvgIpc) is 2.74. The van der Waals surface area contributed by atoms with Gasteiger partial charge in [0.15, 0.2) is 0 Å². The maximum Gasteiger partial charge on any atom is 0.258 e. The Labute approximate surface area is 175 Å². The molecule has 1 aromatic heterocycles. The molecule has 4 aromatic rings. The minimum absolute atomic E-state index is 0.128. The number of para-hydroxylation sites is 1. The first-order chi connectivity index (χ1) is 14.4. The zero-order valence-electron chi connectivity index (χ0n) is 17.4. The highest BCUT2D eigenvalue weighted by atomic mass is 16.2. The molecule has 0 spiro atoms. The van der Waals surface area contributed by atoms with Crippen LogP contribution in [0.4, 0.5) is 5.69 Å². The standard InChI is InChI=1S/C26H24N2O2/c1-17-9-12-20(13-10-17)26(30)28(24-14-18(2)8-11-19(24)3)16-22-15-21-6-4-5-7-23(21)27-25(22)29/h4-15H,16H2,1-3H3,(H,27,29). The Morgan fingerprint density at radius 1 is 0.867 bits per heavy atom. The molecule has 0 saturated carbocycles. The summed E-state index contributed by atoms with van der Waals surface area (Å²) in [5.74, 6) is -0.128. The van der Waals surface area contributed by atoms with Crippen molar-refractivity contribution in [1.29, 1.82) is 0 Å². The summed E-state index contributed by atoms with van der Waals surface area (Å²) in [6.45, 7) is 6.16. The number of aryl methyl sites for hydroxylation is 3. The number of aromatic amines is 1. The number of nitrogens with one attached hydrogen (secondary N) is 1. The van der Waals surface area contributed by atoms with Crippen molar-refractivity contribution in [3.63, 3.8) is 0 Å². The van der Waals surface area contributed by atoms with Crippen LogP contribution in [0, 0.1) is 20.8 Å². The minimum atomic E-state index is -0.180. The third-order valence-corrected chi connectivity index (χ3v) is 5.36. The molecule has 1 heterocycles. The SMILES string of the molecule is Cc1ccc(C(=O)N(Cc2cc3ccccc3[nH]c2=O)c2cc(C)ccc2C)cc1. The lowest BCUT2D eigenvalue weighted by atomic mass is 10.1. The first-order valence-electron chi connectivity index (χ1n) is 9.99. The van der Waals surface area contributed by atoms with Crippen molar-refractivity contribution in [3.8, 4) is 0 Å². The molecule has 0 aliphatic heterocycles. The number of pyridine rings is 1. The van der Waals surface area contributed by atoms with Gasteiger partial charge in [-0.05, 0) is 67.6 Å². The fourth-order valence-corrected chi connectivity index (χ4v) is 3.61. The number of benzene rings is 3. The van der Waals surface area contributed by atoms with E-state index in [1.165, 1.54) is 0 Å². The Hall–Kier alpha value is -3.66. The highest BCUT2D eigenvalue weighted by molar-refractivity contribution is 6.06. The average molecular weight is 396 g/mol. The lowest BCUT2D eigenvalue weighted by Crippen LogP contribution is -2.33. The van der Waals surface area contributed by atoms with Gasteiger partial charge in [-0.3, -0.25) is 9.59 Å². The second-order valence-electron chi connectivity index (χ2n) is 7.76. The Kier molecular flexibility index (Phi) is 5.23. The van der Waals surface area contributed by atoms with Crippen LogP contribution in [0.2, 0.25) is 0 Å². The molecule has 1 N–H and O–H groups in total. The third kappa shape index (κ3) is 3.90. The number of carbonyl (C=O) groups excluding carboxylic acids is 1. The van der Waals surface area contributed by atoms with Crippen LogP contribution in [0.5, 0.6) is 0 Å². The van der Waals surface area contributed by atoms with Gasteiger partial charge in [0.25, 0.3) is 11.5 Å². The first-order valence-corrected chi connectivity index (χ1v) is 9.99. The monoisotopic (exact) mass is 396 g/mol. The van der Waals surface area contributed by atoms with E-state index in [1.807, 2.05) is 93.6 Å². The maximum absolute atomic E-state index is 13.5. The van der Waals surface area contributed by atoms with Crippen LogP contribution < -0.4 is 10.5 Å². The van der Waals surface area contributed by atoms with Crippen molar-refractivity contribution in [2.45, 2.75) is 27.3 Å². The van der Waals surface area contributed by atoms with Crippen LogP contribution in [0.3, 0.4) is 0 Å². The fourth-order valence-electron chi connectivity index (χ4n) is 3.61. The van der Waals surface area contributed by atoms with Crippen LogP contribution in [0.15, 0.2) is 77.6 Å². The zero-order valence-corrected chi connectivity index (χ0v) is 17.4. The summed E-state index contributed by atoms with van der Waals surface area (Å²) in [5, 5.41) is 0.941. The summed E-state index contributed by atoms with van der Waals surface area (Å²) in [6, 6.07) is 23.1. The summed E-state index contributed by atoms with van der Waals surface area (Å²) >= 11 is 0. The van der Waals surface area contributed by atoms with Gasteiger partial charge < -0.3 is 9.88 Å². The van der Waals surface area contributed by atoms with E-state index in [-0.39, 0.29) is 18.0 Å². The molecule has 0 saturated heterocycles. The van der Waals surface area contributed by atoms with Gasteiger partial charge in [0.1, 0.15) is 0 Å². The van der Waals surface area contributed by atoms with Gasteiger partial charge in [0.05, 0.1) is 6.54 Å². The predicted molar refractivity (Wildman–Crippen MR) is 122 cm³/mol. The van der Waals surface area contributed by atoms with Crippen molar-refractivity contribution in [2.24, 2.45) is 0 Å². The van der Waals surface area contributed by atoms with Crippen molar-refractivity contribution < 1.29 is 4.79 Å².